The summed E-state index contributed by atoms with van der Waals surface area (Å²) in [7, 11) is 3.48. The lowest BCUT2D eigenvalue weighted by molar-refractivity contribution is 0.131. The maximum atomic E-state index is 6.04. The molecule has 2 heterocycles. The molecule has 1 aromatic heterocycles. The van der Waals surface area contributed by atoms with Gasteiger partial charge in [0.05, 0.1) is 13.7 Å². The number of likely N-dealkylation sites (tertiary alicyclic amines) is 1. The molecule has 0 unspecified atom stereocenters. The summed E-state index contributed by atoms with van der Waals surface area (Å²) in [4.78, 5) is 11.1. The molecule has 0 bridgehead atoms. The van der Waals surface area contributed by atoms with Gasteiger partial charge in [0, 0.05) is 37.5 Å². The van der Waals surface area contributed by atoms with Gasteiger partial charge in [-0.25, -0.2) is 4.98 Å². The van der Waals surface area contributed by atoms with E-state index in [1.165, 1.54) is 19.5 Å². The van der Waals surface area contributed by atoms with Crippen molar-refractivity contribution < 1.29 is 9.47 Å². The molecule has 2 aromatic rings. The molecule has 1 aliphatic heterocycles. The Labute approximate surface area is 154 Å². The summed E-state index contributed by atoms with van der Waals surface area (Å²) in [5.41, 5.74) is 0.851. The molecule has 0 amide bonds. The molecule has 1 saturated heterocycles. The first-order chi connectivity index (χ1) is 12.7. The maximum absolute atomic E-state index is 6.04. The SMILES string of the molecule is CNc1ccnc(Nc2ccc(OC)c(OC[C@H](C)CN3CCC3)c2)n1. The Bertz CT molecular complexity index is 721. The van der Waals surface area contributed by atoms with Crippen LogP contribution in [0.3, 0.4) is 0 Å². The van der Waals surface area contributed by atoms with Gasteiger partial charge in [-0.1, -0.05) is 6.92 Å². The number of hydrogen-bond donors (Lipinski definition) is 2. The highest BCUT2D eigenvalue weighted by atomic mass is 16.5. The molecule has 1 aliphatic rings. The first kappa shape index (κ1) is 18.3. The summed E-state index contributed by atoms with van der Waals surface area (Å²) in [6.07, 6.45) is 3.02. The Morgan fingerprint density at radius 3 is 2.77 bits per heavy atom. The van der Waals surface area contributed by atoms with E-state index in [9.17, 15) is 0 Å². The Balaban J connectivity index is 1.65. The topological polar surface area (TPSA) is 71.5 Å². The fraction of sp³-hybridized carbons (Fsp3) is 0.474. The van der Waals surface area contributed by atoms with Gasteiger partial charge in [0.15, 0.2) is 11.5 Å². The number of hydrogen-bond acceptors (Lipinski definition) is 7. The summed E-state index contributed by atoms with van der Waals surface area (Å²) in [5.74, 6) is 3.19. The van der Waals surface area contributed by atoms with Crippen LogP contribution in [0.4, 0.5) is 17.5 Å². The molecule has 26 heavy (non-hydrogen) atoms. The molecule has 0 spiro atoms. The van der Waals surface area contributed by atoms with Gasteiger partial charge in [0.1, 0.15) is 5.82 Å². The Kier molecular flexibility index (Phi) is 6.12. The zero-order chi connectivity index (χ0) is 18.4. The molecule has 1 atom stereocenters. The fourth-order valence-corrected chi connectivity index (χ4v) is 2.84. The Morgan fingerprint density at radius 2 is 2.08 bits per heavy atom. The number of ether oxygens (including phenoxy) is 2. The first-order valence-corrected chi connectivity index (χ1v) is 8.99. The lowest BCUT2D eigenvalue weighted by Gasteiger charge is -2.33. The highest BCUT2D eigenvalue weighted by molar-refractivity contribution is 5.60. The smallest absolute Gasteiger partial charge is 0.229 e. The van der Waals surface area contributed by atoms with E-state index in [1.54, 1.807) is 13.3 Å². The number of nitrogens with one attached hydrogen (secondary N) is 2. The van der Waals surface area contributed by atoms with Gasteiger partial charge in [0.25, 0.3) is 0 Å². The molecule has 3 rings (SSSR count). The molecule has 7 nitrogen and oxygen atoms in total. The third-order valence-corrected chi connectivity index (χ3v) is 4.37. The van der Waals surface area contributed by atoms with E-state index >= 15 is 0 Å². The minimum atomic E-state index is 0.465. The number of aromatic nitrogens is 2. The van der Waals surface area contributed by atoms with Gasteiger partial charge in [-0.3, -0.25) is 0 Å². The van der Waals surface area contributed by atoms with Crippen molar-refractivity contribution in [3.63, 3.8) is 0 Å². The van der Waals surface area contributed by atoms with Gasteiger partial charge < -0.3 is 25.0 Å². The quantitative estimate of drug-likeness (QED) is 0.715. The van der Waals surface area contributed by atoms with Crippen LogP contribution in [0.1, 0.15) is 13.3 Å². The average molecular weight is 357 g/mol. The van der Waals surface area contributed by atoms with Crippen molar-refractivity contribution in [1.29, 1.82) is 0 Å². The summed E-state index contributed by atoms with van der Waals surface area (Å²) in [6, 6.07) is 7.54. The predicted molar refractivity (Wildman–Crippen MR) is 104 cm³/mol. The number of methoxy groups -OCH3 is 1. The van der Waals surface area contributed by atoms with Crippen LogP contribution in [0.25, 0.3) is 0 Å². The normalized spacial score (nSPS) is 15.0. The maximum Gasteiger partial charge on any atom is 0.229 e. The lowest BCUT2D eigenvalue weighted by atomic mass is 10.1. The largest absolute Gasteiger partial charge is 0.493 e. The highest BCUT2D eigenvalue weighted by Crippen LogP contribution is 2.31. The second kappa shape index (κ2) is 8.71. The van der Waals surface area contributed by atoms with Gasteiger partial charge in [-0.15, -0.1) is 0 Å². The molecule has 0 radical (unpaired) electrons. The molecule has 1 fully saturated rings. The third kappa shape index (κ3) is 4.76. The van der Waals surface area contributed by atoms with Crippen molar-refractivity contribution in [2.24, 2.45) is 5.92 Å². The monoisotopic (exact) mass is 357 g/mol. The van der Waals surface area contributed by atoms with Crippen LogP contribution in [0.15, 0.2) is 30.5 Å². The van der Waals surface area contributed by atoms with E-state index in [0.717, 1.165) is 29.5 Å². The van der Waals surface area contributed by atoms with Crippen molar-refractivity contribution in [2.45, 2.75) is 13.3 Å². The second-order valence-corrected chi connectivity index (χ2v) is 6.58. The van der Waals surface area contributed by atoms with Crippen LogP contribution < -0.4 is 20.1 Å². The molecule has 140 valence electrons. The summed E-state index contributed by atoms with van der Waals surface area (Å²) < 4.78 is 11.5. The molecular formula is C19H27N5O2. The summed E-state index contributed by atoms with van der Waals surface area (Å²) >= 11 is 0. The van der Waals surface area contributed by atoms with Crippen LogP contribution in [0, 0.1) is 5.92 Å². The van der Waals surface area contributed by atoms with Crippen LogP contribution in [0.5, 0.6) is 11.5 Å². The Hall–Kier alpha value is -2.54. The van der Waals surface area contributed by atoms with Crippen molar-refractivity contribution in [3.8, 4) is 11.5 Å². The van der Waals surface area contributed by atoms with Gasteiger partial charge in [-0.05, 0) is 37.7 Å². The summed E-state index contributed by atoms with van der Waals surface area (Å²) in [5, 5.41) is 6.20. The van der Waals surface area contributed by atoms with E-state index in [4.69, 9.17) is 9.47 Å². The van der Waals surface area contributed by atoms with Crippen LogP contribution in [-0.4, -0.2) is 55.3 Å². The Morgan fingerprint density at radius 1 is 1.23 bits per heavy atom. The summed E-state index contributed by atoms with van der Waals surface area (Å²) in [6.45, 7) is 6.36. The van der Waals surface area contributed by atoms with Crippen molar-refractivity contribution in [1.82, 2.24) is 14.9 Å². The zero-order valence-electron chi connectivity index (χ0n) is 15.7. The minimum Gasteiger partial charge on any atom is -0.493 e. The van der Waals surface area contributed by atoms with E-state index in [-0.39, 0.29) is 0 Å². The number of nitrogens with zero attached hydrogens (tertiary/aromatic N) is 3. The number of anilines is 3. The van der Waals surface area contributed by atoms with Crippen molar-refractivity contribution in [3.05, 3.63) is 30.5 Å². The zero-order valence-corrected chi connectivity index (χ0v) is 15.7. The van der Waals surface area contributed by atoms with Crippen LogP contribution in [-0.2, 0) is 0 Å². The van der Waals surface area contributed by atoms with Crippen molar-refractivity contribution in [2.75, 3.05) is 51.0 Å². The van der Waals surface area contributed by atoms with Crippen LogP contribution in [0.2, 0.25) is 0 Å². The average Bonchev–Trinajstić information content (AvgIpc) is 2.63. The molecule has 2 N–H and O–H groups in total. The number of benzene rings is 1. The number of rotatable bonds is 9. The highest BCUT2D eigenvalue weighted by Gasteiger charge is 2.17. The van der Waals surface area contributed by atoms with Crippen LogP contribution >= 0.6 is 0 Å². The first-order valence-electron chi connectivity index (χ1n) is 8.99. The van der Waals surface area contributed by atoms with E-state index in [2.05, 4.69) is 32.4 Å². The third-order valence-electron chi connectivity index (χ3n) is 4.37. The van der Waals surface area contributed by atoms with Gasteiger partial charge in [0.2, 0.25) is 5.95 Å². The van der Waals surface area contributed by atoms with Gasteiger partial charge in [-0.2, -0.15) is 4.98 Å². The molecule has 0 aliphatic carbocycles. The standard InChI is InChI=1S/C19H27N5O2/c1-14(12-24-9-4-10-24)13-26-17-11-15(5-6-16(17)25-3)22-19-21-8-7-18(20-2)23-19/h5-8,11,14H,4,9-10,12-13H2,1-3H3,(H2,20,21,22,23)/t14-/m1/s1. The van der Waals surface area contributed by atoms with E-state index < -0.39 is 0 Å². The van der Waals surface area contributed by atoms with E-state index in [0.29, 0.717) is 18.5 Å². The van der Waals surface area contributed by atoms with Gasteiger partial charge >= 0.3 is 0 Å². The minimum absolute atomic E-state index is 0.465. The van der Waals surface area contributed by atoms with Crippen molar-refractivity contribution >= 4 is 17.5 Å². The lowest BCUT2D eigenvalue weighted by Crippen LogP contribution is -2.41. The molecule has 1 aromatic carbocycles. The molecular weight excluding hydrogens is 330 g/mol. The second-order valence-electron chi connectivity index (χ2n) is 6.58. The molecule has 7 heteroatoms. The molecule has 0 saturated carbocycles. The fourth-order valence-electron chi connectivity index (χ4n) is 2.84. The predicted octanol–water partition coefficient (Wildman–Crippen LogP) is 2.99. The van der Waals surface area contributed by atoms with E-state index in [1.807, 2.05) is 31.3 Å².